The van der Waals surface area contributed by atoms with Gasteiger partial charge >= 0.3 is 7.12 Å². The molecule has 3 nitrogen and oxygen atoms in total. The molecule has 106 valence electrons. The van der Waals surface area contributed by atoms with Gasteiger partial charge in [-0.05, 0) is 39.8 Å². The summed E-state index contributed by atoms with van der Waals surface area (Å²) in [5, 5.41) is 0.203. The summed E-state index contributed by atoms with van der Waals surface area (Å²) in [6.45, 7) is 7.66. The molecule has 1 saturated heterocycles. The highest BCUT2D eigenvalue weighted by atomic mass is 19.2. The average molecular weight is 279 g/mol. The van der Waals surface area contributed by atoms with Gasteiger partial charge in [-0.15, -0.1) is 0 Å². The first-order valence-electron chi connectivity index (χ1n) is 6.53. The SMILES string of the molecule is CC1(C)OB(c2cc(F)c(F)c3cc[nH]c23)OC1(C)C. The molecule has 0 saturated carbocycles. The number of H-pyrrole nitrogens is 1. The van der Waals surface area contributed by atoms with Gasteiger partial charge in [0.05, 0.1) is 11.2 Å². The van der Waals surface area contributed by atoms with Crippen molar-refractivity contribution < 1.29 is 18.1 Å². The summed E-state index contributed by atoms with van der Waals surface area (Å²) < 4.78 is 39.2. The van der Waals surface area contributed by atoms with Gasteiger partial charge in [0.25, 0.3) is 0 Å². The topological polar surface area (TPSA) is 34.2 Å². The number of benzene rings is 1. The van der Waals surface area contributed by atoms with E-state index in [-0.39, 0.29) is 5.39 Å². The molecule has 0 aliphatic carbocycles. The first kappa shape index (κ1) is 13.6. The molecule has 6 heteroatoms. The van der Waals surface area contributed by atoms with Crippen LogP contribution in [0.15, 0.2) is 18.3 Å². The Morgan fingerprint density at radius 3 is 2.30 bits per heavy atom. The quantitative estimate of drug-likeness (QED) is 0.814. The maximum atomic E-state index is 13.7. The van der Waals surface area contributed by atoms with Crippen molar-refractivity contribution in [3.8, 4) is 0 Å². The second-order valence-corrected chi connectivity index (χ2v) is 6.12. The molecule has 3 rings (SSSR count). The summed E-state index contributed by atoms with van der Waals surface area (Å²) in [7, 11) is -0.726. The van der Waals surface area contributed by atoms with Crippen molar-refractivity contribution in [2.75, 3.05) is 0 Å². The Balaban J connectivity index is 2.13. The van der Waals surface area contributed by atoms with E-state index in [0.29, 0.717) is 11.0 Å². The third-order valence-corrected chi connectivity index (χ3v) is 4.27. The fraction of sp³-hybridized carbons (Fsp3) is 0.429. The van der Waals surface area contributed by atoms with Gasteiger partial charge < -0.3 is 14.3 Å². The molecule has 1 aliphatic rings. The fourth-order valence-corrected chi connectivity index (χ4v) is 2.35. The van der Waals surface area contributed by atoms with Crippen molar-refractivity contribution in [2.24, 2.45) is 0 Å². The maximum absolute atomic E-state index is 13.7. The van der Waals surface area contributed by atoms with Crippen LogP contribution >= 0.6 is 0 Å². The summed E-state index contributed by atoms with van der Waals surface area (Å²) >= 11 is 0. The van der Waals surface area contributed by atoms with Crippen LogP contribution in [-0.2, 0) is 9.31 Å². The van der Waals surface area contributed by atoms with E-state index in [4.69, 9.17) is 9.31 Å². The summed E-state index contributed by atoms with van der Waals surface area (Å²) in [6, 6.07) is 2.64. The van der Waals surface area contributed by atoms with Crippen LogP contribution in [0.5, 0.6) is 0 Å². The average Bonchev–Trinajstić information content (AvgIpc) is 2.88. The third-order valence-electron chi connectivity index (χ3n) is 4.27. The van der Waals surface area contributed by atoms with Gasteiger partial charge in [-0.3, -0.25) is 0 Å². The van der Waals surface area contributed by atoms with E-state index in [1.165, 1.54) is 6.07 Å². The lowest BCUT2D eigenvalue weighted by atomic mass is 9.77. The highest BCUT2D eigenvalue weighted by Gasteiger charge is 2.52. The monoisotopic (exact) mass is 279 g/mol. The van der Waals surface area contributed by atoms with Crippen LogP contribution in [0.4, 0.5) is 8.78 Å². The van der Waals surface area contributed by atoms with E-state index < -0.39 is 30.0 Å². The lowest BCUT2D eigenvalue weighted by Crippen LogP contribution is -2.41. The van der Waals surface area contributed by atoms with Crippen molar-refractivity contribution in [3.63, 3.8) is 0 Å². The Morgan fingerprint density at radius 2 is 1.70 bits per heavy atom. The summed E-state index contributed by atoms with van der Waals surface area (Å²) in [6.07, 6.45) is 1.57. The van der Waals surface area contributed by atoms with Crippen molar-refractivity contribution in [1.29, 1.82) is 0 Å². The molecule has 1 fully saturated rings. The molecule has 0 spiro atoms. The Bertz CT molecular complexity index is 665. The summed E-state index contributed by atoms with van der Waals surface area (Å²) in [4.78, 5) is 2.92. The number of hydrogen-bond donors (Lipinski definition) is 1. The second-order valence-electron chi connectivity index (χ2n) is 6.12. The molecular weight excluding hydrogens is 263 g/mol. The predicted octanol–water partition coefficient (Wildman–Crippen LogP) is 2.75. The highest BCUT2D eigenvalue weighted by molar-refractivity contribution is 6.65. The molecule has 1 aromatic carbocycles. The third kappa shape index (κ3) is 1.78. The van der Waals surface area contributed by atoms with Gasteiger partial charge in [-0.1, -0.05) is 0 Å². The van der Waals surface area contributed by atoms with Gasteiger partial charge in [0, 0.05) is 22.6 Å². The van der Waals surface area contributed by atoms with E-state index in [1.54, 1.807) is 6.20 Å². The van der Waals surface area contributed by atoms with Gasteiger partial charge in [-0.25, -0.2) is 8.78 Å². The molecule has 2 heterocycles. The Morgan fingerprint density at radius 1 is 1.10 bits per heavy atom. The van der Waals surface area contributed by atoms with Crippen LogP contribution in [0.2, 0.25) is 0 Å². The first-order valence-corrected chi connectivity index (χ1v) is 6.53. The minimum absolute atomic E-state index is 0.203. The van der Waals surface area contributed by atoms with Gasteiger partial charge in [0.2, 0.25) is 0 Å². The highest BCUT2D eigenvalue weighted by Crippen LogP contribution is 2.37. The lowest BCUT2D eigenvalue weighted by molar-refractivity contribution is 0.00578. The molecule has 0 radical (unpaired) electrons. The van der Waals surface area contributed by atoms with Crippen LogP contribution in [0, 0.1) is 11.6 Å². The van der Waals surface area contributed by atoms with Crippen LogP contribution in [0.1, 0.15) is 27.7 Å². The summed E-state index contributed by atoms with van der Waals surface area (Å²) in [5.74, 6) is -1.76. The Labute approximate surface area is 116 Å². The molecule has 0 bridgehead atoms. The second kappa shape index (κ2) is 4.05. The number of hydrogen-bond acceptors (Lipinski definition) is 2. The van der Waals surface area contributed by atoms with Crippen molar-refractivity contribution in [2.45, 2.75) is 38.9 Å². The number of rotatable bonds is 1. The lowest BCUT2D eigenvalue weighted by Gasteiger charge is -2.32. The molecular formula is C14H16BF2NO2. The number of aromatic amines is 1. The Hall–Kier alpha value is -1.40. The fourth-order valence-electron chi connectivity index (χ4n) is 2.35. The molecule has 0 amide bonds. The van der Waals surface area contributed by atoms with E-state index in [9.17, 15) is 8.78 Å². The molecule has 1 aliphatic heterocycles. The molecule has 1 aromatic heterocycles. The van der Waals surface area contributed by atoms with E-state index >= 15 is 0 Å². The molecule has 0 atom stereocenters. The van der Waals surface area contributed by atoms with Crippen molar-refractivity contribution in [1.82, 2.24) is 4.98 Å². The number of aromatic nitrogens is 1. The minimum atomic E-state index is -0.901. The molecule has 20 heavy (non-hydrogen) atoms. The van der Waals surface area contributed by atoms with E-state index in [0.717, 1.165) is 6.07 Å². The largest absolute Gasteiger partial charge is 0.497 e. The van der Waals surface area contributed by atoms with E-state index in [1.807, 2.05) is 27.7 Å². The normalized spacial score (nSPS) is 20.8. The van der Waals surface area contributed by atoms with E-state index in [2.05, 4.69) is 4.98 Å². The zero-order valence-electron chi connectivity index (χ0n) is 11.9. The number of halogens is 2. The Kier molecular flexibility index (Phi) is 2.75. The molecule has 2 aromatic rings. The molecule has 1 N–H and O–H groups in total. The standard InChI is InChI=1S/C14H16BF2NO2/c1-13(2)14(3,4)20-15(19-13)9-7-10(16)11(17)8-5-6-18-12(8)9/h5-7,18H,1-4H3. The smallest absolute Gasteiger partial charge is 0.399 e. The van der Waals surface area contributed by atoms with Gasteiger partial charge in [0.1, 0.15) is 0 Å². The molecule has 0 unspecified atom stereocenters. The maximum Gasteiger partial charge on any atom is 0.497 e. The van der Waals surface area contributed by atoms with Gasteiger partial charge in [-0.2, -0.15) is 0 Å². The number of nitrogens with one attached hydrogen (secondary N) is 1. The van der Waals surface area contributed by atoms with Gasteiger partial charge in [0.15, 0.2) is 11.6 Å². The summed E-state index contributed by atoms with van der Waals surface area (Å²) in [5.41, 5.74) is -0.0759. The zero-order valence-corrected chi connectivity index (χ0v) is 11.9. The van der Waals surface area contributed by atoms with Crippen molar-refractivity contribution >= 4 is 23.5 Å². The minimum Gasteiger partial charge on any atom is -0.399 e. The zero-order chi connectivity index (χ0) is 14.7. The van der Waals surface area contributed by atoms with Crippen LogP contribution in [0.3, 0.4) is 0 Å². The first-order chi connectivity index (χ1) is 9.23. The van der Waals surface area contributed by atoms with Crippen molar-refractivity contribution in [3.05, 3.63) is 30.0 Å². The van der Waals surface area contributed by atoms with Crippen LogP contribution < -0.4 is 5.46 Å². The predicted molar refractivity (Wildman–Crippen MR) is 73.9 cm³/mol. The van der Waals surface area contributed by atoms with Crippen LogP contribution in [-0.4, -0.2) is 23.3 Å². The van der Waals surface area contributed by atoms with Crippen LogP contribution in [0.25, 0.3) is 10.9 Å². The number of fused-ring (bicyclic) bond motifs is 1.